The lowest BCUT2D eigenvalue weighted by molar-refractivity contribution is -0.171. The Bertz CT molecular complexity index is 452. The molecule has 0 aromatic heterocycles. The summed E-state index contributed by atoms with van der Waals surface area (Å²) < 4.78 is 5.45. The molecule has 0 bridgehead atoms. The lowest BCUT2D eigenvalue weighted by Crippen LogP contribution is -2.47. The first-order valence-electron chi connectivity index (χ1n) is 6.47. The normalized spacial score (nSPS) is 11.7. The second-order valence-corrected chi connectivity index (χ2v) is 4.35. The highest BCUT2D eigenvalue weighted by molar-refractivity contribution is 5.84. The average molecular weight is 296 g/mol. The molecule has 2 N–H and O–H groups in total. The molecule has 0 radical (unpaired) electrons. The molecule has 0 aliphatic carbocycles. The minimum Gasteiger partial charge on any atom is -0.465 e. The van der Waals surface area contributed by atoms with Crippen LogP contribution in [0.2, 0.25) is 0 Å². The van der Waals surface area contributed by atoms with Crippen molar-refractivity contribution in [2.75, 3.05) is 20.8 Å². The van der Waals surface area contributed by atoms with Crippen LogP contribution in [0.25, 0.3) is 0 Å². The summed E-state index contributed by atoms with van der Waals surface area (Å²) in [6.45, 7) is 0.665. The maximum atomic E-state index is 11.9. The number of hydroxylamine groups is 2. The minimum absolute atomic E-state index is 0.228. The Balaban J connectivity index is 2.42. The third-order valence-electron chi connectivity index (χ3n) is 2.84. The molecule has 7 nitrogen and oxygen atoms in total. The van der Waals surface area contributed by atoms with Crippen LogP contribution in [-0.4, -0.2) is 49.0 Å². The summed E-state index contributed by atoms with van der Waals surface area (Å²) >= 11 is 0. The Morgan fingerprint density at radius 2 is 2.00 bits per heavy atom. The second-order valence-electron chi connectivity index (χ2n) is 4.35. The molecule has 0 saturated heterocycles. The van der Waals surface area contributed by atoms with Crippen molar-refractivity contribution in [3.05, 3.63) is 35.9 Å². The predicted octanol–water partition coefficient (Wildman–Crippen LogP) is 1.25. The van der Waals surface area contributed by atoms with E-state index >= 15 is 0 Å². The number of nitrogens with zero attached hydrogens (tertiary/aromatic N) is 1. The summed E-state index contributed by atoms with van der Waals surface area (Å²) in [5, 5.41) is 11.9. The first-order chi connectivity index (χ1) is 10.0. The molecule has 1 rings (SSSR count). The first-order valence-corrected chi connectivity index (χ1v) is 6.47. The quantitative estimate of drug-likeness (QED) is 0.557. The largest absolute Gasteiger partial charge is 0.465 e. The fraction of sp³-hybridized carbons (Fsp3) is 0.429. The van der Waals surface area contributed by atoms with Gasteiger partial charge in [0.05, 0.1) is 13.7 Å². The van der Waals surface area contributed by atoms with Crippen LogP contribution in [0.3, 0.4) is 0 Å². The molecule has 0 aliphatic heterocycles. The van der Waals surface area contributed by atoms with Gasteiger partial charge in [-0.15, -0.1) is 0 Å². The molecule has 1 unspecified atom stereocenters. The van der Waals surface area contributed by atoms with Crippen molar-refractivity contribution < 1.29 is 24.3 Å². The Morgan fingerprint density at radius 1 is 1.33 bits per heavy atom. The van der Waals surface area contributed by atoms with Crippen LogP contribution in [0, 0.1) is 0 Å². The summed E-state index contributed by atoms with van der Waals surface area (Å²) in [5.74, 6) is -0.469. The van der Waals surface area contributed by atoms with E-state index in [4.69, 9.17) is 14.7 Å². The van der Waals surface area contributed by atoms with Crippen LogP contribution in [0.1, 0.15) is 12.0 Å². The van der Waals surface area contributed by atoms with Gasteiger partial charge in [-0.3, -0.25) is 9.63 Å². The number of likely N-dealkylation sites (N-methyl/N-ethyl adjacent to an activating group) is 1. The van der Waals surface area contributed by atoms with Gasteiger partial charge in [0, 0.05) is 20.1 Å². The maximum absolute atomic E-state index is 11.9. The predicted molar refractivity (Wildman–Crippen MR) is 75.4 cm³/mol. The molecule has 1 aromatic rings. The van der Waals surface area contributed by atoms with Gasteiger partial charge in [0.1, 0.15) is 6.04 Å². The molecule has 0 heterocycles. The average Bonchev–Trinajstić information content (AvgIpc) is 2.49. The summed E-state index contributed by atoms with van der Waals surface area (Å²) in [5.41, 5.74) is 1.01. The third kappa shape index (κ3) is 6.24. The van der Waals surface area contributed by atoms with Gasteiger partial charge >= 0.3 is 6.09 Å². The topological polar surface area (TPSA) is 88.1 Å². The van der Waals surface area contributed by atoms with Gasteiger partial charge < -0.3 is 15.2 Å². The number of hydrogen-bond donors (Lipinski definition) is 2. The first kappa shape index (κ1) is 16.9. The summed E-state index contributed by atoms with van der Waals surface area (Å²) in [7, 11) is 2.76. The number of amides is 2. The van der Waals surface area contributed by atoms with Crippen molar-refractivity contribution in [3.63, 3.8) is 0 Å². The van der Waals surface area contributed by atoms with Gasteiger partial charge in [-0.1, -0.05) is 30.3 Å². The number of nitrogens with one attached hydrogen (secondary N) is 1. The number of carbonyl (C=O) groups is 2. The molecular formula is C14H20N2O5. The molecule has 2 amide bonds. The van der Waals surface area contributed by atoms with E-state index in [1.807, 2.05) is 30.3 Å². The standard InChI is InChI=1S/C14H20N2O5/c1-16(20-2)13(17)12(15-14(18)19)8-9-21-10-11-6-4-3-5-7-11/h3-7,12,15H,8-10H2,1-2H3,(H,18,19). The zero-order valence-corrected chi connectivity index (χ0v) is 12.1. The third-order valence-corrected chi connectivity index (χ3v) is 2.84. The van der Waals surface area contributed by atoms with E-state index in [1.54, 1.807) is 0 Å². The molecule has 1 aromatic carbocycles. The summed E-state index contributed by atoms with van der Waals surface area (Å²) in [4.78, 5) is 27.4. The molecule has 1 atom stereocenters. The highest BCUT2D eigenvalue weighted by Crippen LogP contribution is 2.03. The second kappa shape index (κ2) is 8.93. The van der Waals surface area contributed by atoms with E-state index in [0.717, 1.165) is 10.6 Å². The molecule has 0 spiro atoms. The van der Waals surface area contributed by atoms with Crippen molar-refractivity contribution in [2.24, 2.45) is 0 Å². The molecule has 0 saturated carbocycles. The zero-order valence-electron chi connectivity index (χ0n) is 12.1. The van der Waals surface area contributed by atoms with E-state index in [2.05, 4.69) is 5.32 Å². The van der Waals surface area contributed by atoms with E-state index in [1.165, 1.54) is 14.2 Å². The number of rotatable bonds is 8. The highest BCUT2D eigenvalue weighted by atomic mass is 16.7. The van der Waals surface area contributed by atoms with Crippen LogP contribution in [-0.2, 0) is 21.0 Å². The van der Waals surface area contributed by atoms with E-state index in [0.29, 0.717) is 6.61 Å². The number of hydrogen-bond acceptors (Lipinski definition) is 4. The van der Waals surface area contributed by atoms with Crippen molar-refractivity contribution in [1.29, 1.82) is 0 Å². The molecule has 7 heteroatoms. The van der Waals surface area contributed by atoms with Crippen molar-refractivity contribution in [2.45, 2.75) is 19.1 Å². The van der Waals surface area contributed by atoms with Gasteiger partial charge in [-0.25, -0.2) is 9.86 Å². The highest BCUT2D eigenvalue weighted by Gasteiger charge is 2.23. The fourth-order valence-corrected chi connectivity index (χ4v) is 1.68. The molecule has 0 fully saturated rings. The Morgan fingerprint density at radius 3 is 2.57 bits per heavy atom. The van der Waals surface area contributed by atoms with Gasteiger partial charge in [0.2, 0.25) is 0 Å². The number of ether oxygens (including phenoxy) is 1. The lowest BCUT2D eigenvalue weighted by atomic mass is 10.2. The number of benzene rings is 1. The van der Waals surface area contributed by atoms with Crippen LogP contribution in [0.4, 0.5) is 4.79 Å². The molecule has 0 aliphatic rings. The molecular weight excluding hydrogens is 276 g/mol. The van der Waals surface area contributed by atoms with E-state index < -0.39 is 18.0 Å². The Kier molecular flexibility index (Phi) is 7.20. The smallest absolute Gasteiger partial charge is 0.405 e. The van der Waals surface area contributed by atoms with E-state index in [9.17, 15) is 9.59 Å². The van der Waals surface area contributed by atoms with Crippen LogP contribution < -0.4 is 5.32 Å². The van der Waals surface area contributed by atoms with Gasteiger partial charge in [0.15, 0.2) is 0 Å². The zero-order chi connectivity index (χ0) is 15.7. The van der Waals surface area contributed by atoms with Crippen molar-refractivity contribution in [3.8, 4) is 0 Å². The van der Waals surface area contributed by atoms with Crippen molar-refractivity contribution in [1.82, 2.24) is 10.4 Å². The number of carboxylic acid groups (broad SMARTS) is 1. The SMILES string of the molecule is CON(C)C(=O)C(CCOCc1ccccc1)NC(=O)O. The lowest BCUT2D eigenvalue weighted by Gasteiger charge is -2.21. The van der Waals surface area contributed by atoms with Gasteiger partial charge in [-0.2, -0.15) is 0 Å². The molecule has 116 valence electrons. The van der Waals surface area contributed by atoms with Crippen molar-refractivity contribution >= 4 is 12.0 Å². The summed E-state index contributed by atoms with van der Waals surface area (Å²) in [6, 6.07) is 8.68. The van der Waals surface area contributed by atoms with Gasteiger partial charge in [0.25, 0.3) is 5.91 Å². The van der Waals surface area contributed by atoms with Crippen LogP contribution in [0.15, 0.2) is 30.3 Å². The summed E-state index contributed by atoms with van der Waals surface area (Å²) in [6.07, 6.45) is -1.04. The van der Waals surface area contributed by atoms with Gasteiger partial charge in [-0.05, 0) is 5.56 Å². The maximum Gasteiger partial charge on any atom is 0.405 e. The fourth-order valence-electron chi connectivity index (χ4n) is 1.68. The minimum atomic E-state index is -1.26. The van der Waals surface area contributed by atoms with E-state index in [-0.39, 0.29) is 13.0 Å². The Hall–Kier alpha value is -2.12. The number of carbonyl (C=O) groups excluding carboxylic acids is 1. The monoisotopic (exact) mass is 296 g/mol. The molecule has 21 heavy (non-hydrogen) atoms. The van der Waals surface area contributed by atoms with Crippen LogP contribution >= 0.6 is 0 Å². The Labute approximate surface area is 123 Å². The van der Waals surface area contributed by atoms with Crippen LogP contribution in [0.5, 0.6) is 0 Å².